The molecule has 0 aliphatic heterocycles. The summed E-state index contributed by atoms with van der Waals surface area (Å²) in [7, 11) is 0. The van der Waals surface area contributed by atoms with Gasteiger partial charge in [0.1, 0.15) is 6.26 Å². The van der Waals surface area contributed by atoms with E-state index >= 15 is 0 Å². The molecule has 2 atom stereocenters. The van der Waals surface area contributed by atoms with Crippen molar-refractivity contribution >= 4 is 11.8 Å². The standard InChI is InChI=1S/C14H16N2O4/c17-11-6-5-8(7-20-11)13(18)15-16-14(19)12-9-3-1-2-4-10(9)12/h5-7,9-10,12H,1-4H2,(H,15,18)(H,16,19)/t9-,10-/m0/s1. The van der Waals surface area contributed by atoms with Crippen LogP contribution < -0.4 is 16.5 Å². The molecule has 2 aliphatic carbocycles. The molecule has 0 unspecified atom stereocenters. The first-order chi connectivity index (χ1) is 9.66. The second-order valence-electron chi connectivity index (χ2n) is 5.42. The van der Waals surface area contributed by atoms with E-state index in [1.54, 1.807) is 0 Å². The minimum Gasteiger partial charge on any atom is -0.430 e. The second-order valence-corrected chi connectivity index (χ2v) is 5.42. The Morgan fingerprint density at radius 3 is 2.40 bits per heavy atom. The zero-order chi connectivity index (χ0) is 14.1. The Morgan fingerprint density at radius 2 is 1.80 bits per heavy atom. The van der Waals surface area contributed by atoms with E-state index in [0.29, 0.717) is 11.8 Å². The highest BCUT2D eigenvalue weighted by Crippen LogP contribution is 2.55. The van der Waals surface area contributed by atoms with Crippen LogP contribution in [-0.2, 0) is 4.79 Å². The molecule has 6 nitrogen and oxygen atoms in total. The summed E-state index contributed by atoms with van der Waals surface area (Å²) >= 11 is 0. The van der Waals surface area contributed by atoms with Gasteiger partial charge in [-0.25, -0.2) is 4.79 Å². The van der Waals surface area contributed by atoms with Crippen LogP contribution in [0.5, 0.6) is 0 Å². The number of hydrazine groups is 1. The van der Waals surface area contributed by atoms with Crippen LogP contribution >= 0.6 is 0 Å². The van der Waals surface area contributed by atoms with Gasteiger partial charge >= 0.3 is 5.63 Å². The van der Waals surface area contributed by atoms with Gasteiger partial charge in [-0.2, -0.15) is 0 Å². The van der Waals surface area contributed by atoms with E-state index in [9.17, 15) is 14.4 Å². The van der Waals surface area contributed by atoms with Crippen molar-refractivity contribution in [2.75, 3.05) is 0 Å². The smallest absolute Gasteiger partial charge is 0.335 e. The number of rotatable bonds is 2. The maximum atomic E-state index is 12.0. The van der Waals surface area contributed by atoms with E-state index in [4.69, 9.17) is 0 Å². The van der Waals surface area contributed by atoms with E-state index < -0.39 is 11.5 Å². The molecule has 2 saturated carbocycles. The van der Waals surface area contributed by atoms with Crippen molar-refractivity contribution in [3.8, 4) is 0 Å². The van der Waals surface area contributed by atoms with Crippen LogP contribution in [0.15, 0.2) is 27.6 Å². The van der Waals surface area contributed by atoms with Crippen molar-refractivity contribution in [1.82, 2.24) is 10.9 Å². The van der Waals surface area contributed by atoms with E-state index in [1.165, 1.54) is 18.9 Å². The van der Waals surface area contributed by atoms with Gasteiger partial charge in [0.2, 0.25) is 5.91 Å². The third kappa shape index (κ3) is 2.45. The number of fused-ring (bicyclic) bond motifs is 1. The van der Waals surface area contributed by atoms with Crippen LogP contribution in [0.1, 0.15) is 36.0 Å². The fourth-order valence-corrected chi connectivity index (χ4v) is 3.14. The van der Waals surface area contributed by atoms with Crippen LogP contribution in [0.2, 0.25) is 0 Å². The predicted octanol–water partition coefficient (Wildman–Crippen LogP) is 0.837. The first-order valence-corrected chi connectivity index (χ1v) is 6.86. The Labute approximate surface area is 115 Å². The van der Waals surface area contributed by atoms with E-state index in [1.807, 2.05) is 0 Å². The van der Waals surface area contributed by atoms with Crippen LogP contribution in [-0.4, -0.2) is 11.8 Å². The van der Waals surface area contributed by atoms with Crippen molar-refractivity contribution in [1.29, 1.82) is 0 Å². The first-order valence-electron chi connectivity index (χ1n) is 6.86. The highest BCUT2D eigenvalue weighted by molar-refractivity contribution is 5.95. The molecule has 2 amide bonds. The Bertz CT molecular complexity index is 563. The normalized spacial score (nSPS) is 27.3. The fraction of sp³-hybridized carbons (Fsp3) is 0.500. The molecule has 1 heterocycles. The summed E-state index contributed by atoms with van der Waals surface area (Å²) in [5.41, 5.74) is 4.48. The summed E-state index contributed by atoms with van der Waals surface area (Å²) in [5, 5.41) is 0. The van der Waals surface area contributed by atoms with Gasteiger partial charge in [-0.3, -0.25) is 20.4 Å². The number of amides is 2. The monoisotopic (exact) mass is 276 g/mol. The first kappa shape index (κ1) is 12.9. The Balaban J connectivity index is 1.52. The zero-order valence-corrected chi connectivity index (χ0v) is 10.9. The Morgan fingerprint density at radius 1 is 1.10 bits per heavy atom. The summed E-state index contributed by atoms with van der Waals surface area (Å²) in [6, 6.07) is 2.51. The molecule has 2 aliphatic rings. The highest BCUT2D eigenvalue weighted by Gasteiger charge is 2.54. The highest BCUT2D eigenvalue weighted by atomic mass is 16.4. The van der Waals surface area contributed by atoms with Gasteiger partial charge in [0.05, 0.1) is 5.56 Å². The number of nitrogens with one attached hydrogen (secondary N) is 2. The van der Waals surface area contributed by atoms with Crippen LogP contribution in [0.4, 0.5) is 0 Å². The molecule has 0 bridgehead atoms. The van der Waals surface area contributed by atoms with Crippen molar-refractivity contribution in [3.05, 3.63) is 34.4 Å². The minimum absolute atomic E-state index is 0.0477. The Kier molecular flexibility index (Phi) is 3.30. The topological polar surface area (TPSA) is 88.4 Å². The molecular formula is C14H16N2O4. The minimum atomic E-state index is -0.521. The number of carbonyl (C=O) groups is 2. The van der Waals surface area contributed by atoms with Gasteiger partial charge in [0.25, 0.3) is 5.91 Å². The van der Waals surface area contributed by atoms with Crippen molar-refractivity contribution in [2.45, 2.75) is 25.7 Å². The average Bonchev–Trinajstić information content (AvgIpc) is 3.19. The van der Waals surface area contributed by atoms with Gasteiger partial charge < -0.3 is 4.42 Å². The van der Waals surface area contributed by atoms with Gasteiger partial charge in [0.15, 0.2) is 0 Å². The van der Waals surface area contributed by atoms with Crippen LogP contribution in [0, 0.1) is 17.8 Å². The maximum Gasteiger partial charge on any atom is 0.335 e. The van der Waals surface area contributed by atoms with Gasteiger partial charge in [-0.1, -0.05) is 12.8 Å². The summed E-state index contributed by atoms with van der Waals surface area (Å²) in [5.74, 6) is 0.427. The molecule has 3 rings (SSSR count). The second kappa shape index (κ2) is 5.11. The van der Waals surface area contributed by atoms with Crippen molar-refractivity contribution in [2.24, 2.45) is 17.8 Å². The molecule has 1 aromatic heterocycles. The lowest BCUT2D eigenvalue weighted by Gasteiger charge is -2.06. The predicted molar refractivity (Wildman–Crippen MR) is 69.5 cm³/mol. The molecule has 6 heteroatoms. The molecule has 0 radical (unpaired) electrons. The molecular weight excluding hydrogens is 260 g/mol. The Hall–Kier alpha value is -2.11. The van der Waals surface area contributed by atoms with E-state index in [-0.39, 0.29) is 17.4 Å². The number of hydrogen-bond acceptors (Lipinski definition) is 4. The SMILES string of the molecule is O=C(NNC(=O)C1[C@H]2CCCC[C@H]12)c1ccc(=O)oc1. The van der Waals surface area contributed by atoms with Crippen molar-refractivity contribution in [3.63, 3.8) is 0 Å². The van der Waals surface area contributed by atoms with E-state index in [0.717, 1.165) is 25.2 Å². The molecule has 0 spiro atoms. The van der Waals surface area contributed by atoms with Crippen LogP contribution in [0.25, 0.3) is 0 Å². The lowest BCUT2D eigenvalue weighted by molar-refractivity contribution is -0.123. The van der Waals surface area contributed by atoms with Crippen LogP contribution in [0.3, 0.4) is 0 Å². The average molecular weight is 276 g/mol. The number of hydrogen-bond donors (Lipinski definition) is 2. The van der Waals surface area contributed by atoms with Crippen molar-refractivity contribution < 1.29 is 14.0 Å². The summed E-state index contributed by atoms with van der Waals surface area (Å²) in [6.45, 7) is 0. The largest absolute Gasteiger partial charge is 0.430 e. The molecule has 1 aromatic rings. The quantitative estimate of drug-likeness (QED) is 0.783. The number of carbonyl (C=O) groups excluding carboxylic acids is 2. The fourth-order valence-electron chi connectivity index (χ4n) is 3.14. The lowest BCUT2D eigenvalue weighted by atomic mass is 10.0. The third-order valence-electron chi connectivity index (χ3n) is 4.22. The van der Waals surface area contributed by atoms with Gasteiger partial charge in [0, 0.05) is 12.0 Å². The zero-order valence-electron chi connectivity index (χ0n) is 10.9. The maximum absolute atomic E-state index is 12.0. The van der Waals surface area contributed by atoms with Gasteiger partial charge in [-0.15, -0.1) is 0 Å². The molecule has 0 aromatic carbocycles. The molecule has 20 heavy (non-hydrogen) atoms. The summed E-state index contributed by atoms with van der Waals surface area (Å²) < 4.78 is 4.59. The third-order valence-corrected chi connectivity index (χ3v) is 4.22. The summed E-state index contributed by atoms with van der Waals surface area (Å²) in [4.78, 5) is 34.5. The van der Waals surface area contributed by atoms with E-state index in [2.05, 4.69) is 15.3 Å². The summed E-state index contributed by atoms with van der Waals surface area (Å²) in [6.07, 6.45) is 5.68. The lowest BCUT2D eigenvalue weighted by Crippen LogP contribution is -2.42. The van der Waals surface area contributed by atoms with Gasteiger partial charge in [-0.05, 0) is 30.7 Å². The molecule has 2 N–H and O–H groups in total. The molecule has 2 fully saturated rings. The molecule has 0 saturated heterocycles. The molecule has 106 valence electrons.